The van der Waals surface area contributed by atoms with Gasteiger partial charge in [-0.3, -0.25) is 14.4 Å². The van der Waals surface area contributed by atoms with Crippen molar-refractivity contribution in [3.8, 4) is 0 Å². The number of carbonyl (C=O) groups excluding carboxylic acids is 3. The van der Waals surface area contributed by atoms with E-state index in [4.69, 9.17) is 14.2 Å². The van der Waals surface area contributed by atoms with E-state index in [0.717, 1.165) is 141 Å². The van der Waals surface area contributed by atoms with Gasteiger partial charge in [0.05, 0.1) is 0 Å². The molecule has 0 saturated carbocycles. The predicted molar refractivity (Wildman–Crippen MR) is 311 cm³/mol. The molecule has 0 aliphatic carbocycles. The zero-order valence-electron chi connectivity index (χ0n) is 46.4. The molecule has 0 bridgehead atoms. The Morgan fingerprint density at radius 1 is 0.292 bits per heavy atom. The van der Waals surface area contributed by atoms with E-state index in [2.05, 4.69) is 154 Å². The summed E-state index contributed by atoms with van der Waals surface area (Å²) in [6.45, 7) is 6.39. The average Bonchev–Trinajstić information content (AvgIpc) is 3.38. The lowest BCUT2D eigenvalue weighted by Gasteiger charge is -2.18. The highest BCUT2D eigenvalue weighted by molar-refractivity contribution is 5.71. The molecule has 0 spiro atoms. The van der Waals surface area contributed by atoms with E-state index in [0.29, 0.717) is 25.7 Å². The van der Waals surface area contributed by atoms with Gasteiger partial charge in [-0.25, -0.2) is 0 Å². The Bertz CT molecular complexity index is 1560. The number of esters is 3. The fourth-order valence-electron chi connectivity index (χ4n) is 7.47. The molecule has 1 unspecified atom stereocenters. The van der Waals surface area contributed by atoms with Crippen molar-refractivity contribution < 1.29 is 28.6 Å². The number of rotatable bonds is 51. The van der Waals surface area contributed by atoms with Crippen LogP contribution in [0.15, 0.2) is 134 Å². The van der Waals surface area contributed by atoms with Crippen LogP contribution in [0.4, 0.5) is 0 Å². The van der Waals surface area contributed by atoms with Gasteiger partial charge in [-0.2, -0.15) is 0 Å². The molecule has 0 rings (SSSR count). The van der Waals surface area contributed by atoms with Gasteiger partial charge in [0.25, 0.3) is 0 Å². The van der Waals surface area contributed by atoms with E-state index in [1.54, 1.807) is 0 Å². The first kappa shape index (κ1) is 67.5. The summed E-state index contributed by atoms with van der Waals surface area (Å²) in [6.07, 6.45) is 82.9. The largest absolute Gasteiger partial charge is 0.462 e. The predicted octanol–water partition coefficient (Wildman–Crippen LogP) is 19.8. The number of ether oxygens (including phenoxy) is 3. The highest BCUT2D eigenvalue weighted by atomic mass is 16.6. The SMILES string of the molecule is CC/C=C\C/C=C\C/C=C\C/C=C\C/C=C\C/C=C\CCCCC(=O)OCC(COC(=O)CCCCCCC/C=C\C/C=C\CCCC)OC(=O)CCCCCCCC/C=C\C/C=C\C/C=C\CCCCC. The smallest absolute Gasteiger partial charge is 0.306 e. The van der Waals surface area contributed by atoms with Gasteiger partial charge in [-0.1, -0.05) is 225 Å². The third-order valence-corrected chi connectivity index (χ3v) is 11.9. The average molecular weight is 996 g/mol. The number of carbonyl (C=O) groups is 3. The Hall–Kier alpha value is -4.45. The van der Waals surface area contributed by atoms with Crippen LogP contribution < -0.4 is 0 Å². The van der Waals surface area contributed by atoms with Gasteiger partial charge in [0.15, 0.2) is 6.10 Å². The molecule has 0 heterocycles. The van der Waals surface area contributed by atoms with Crippen LogP contribution in [0.3, 0.4) is 0 Å². The molecule has 0 aromatic heterocycles. The van der Waals surface area contributed by atoms with Gasteiger partial charge >= 0.3 is 17.9 Å². The van der Waals surface area contributed by atoms with Crippen molar-refractivity contribution in [2.75, 3.05) is 13.2 Å². The summed E-state index contributed by atoms with van der Waals surface area (Å²) < 4.78 is 16.8. The second-order valence-electron chi connectivity index (χ2n) is 18.8. The summed E-state index contributed by atoms with van der Waals surface area (Å²) in [5.41, 5.74) is 0. The first-order valence-corrected chi connectivity index (χ1v) is 29.2. The van der Waals surface area contributed by atoms with Crippen LogP contribution in [0.25, 0.3) is 0 Å². The molecule has 1 atom stereocenters. The third-order valence-electron chi connectivity index (χ3n) is 11.9. The van der Waals surface area contributed by atoms with Crippen LogP contribution in [-0.4, -0.2) is 37.2 Å². The molecule has 0 aromatic carbocycles. The van der Waals surface area contributed by atoms with Crippen molar-refractivity contribution in [3.05, 3.63) is 134 Å². The van der Waals surface area contributed by atoms with E-state index in [9.17, 15) is 14.4 Å². The fraction of sp³-hybridized carbons (Fsp3) is 0.621. The standard InChI is InChI=1S/C66H106O6/c1-4-7-10-13-16-19-22-25-28-30-32-33-35-36-38-41-44-47-50-53-56-59-65(68)71-62-63(61-70-64(67)58-55-52-49-46-43-40-27-24-21-18-15-12-9-6-3)72-66(69)60-57-54-51-48-45-42-39-37-34-31-29-26-23-20-17-14-11-8-5-2/h7,10,15-20,24-29,32-34,36-38,44,47,63H,4-6,8-9,11-14,21-23,30-31,35,39-43,45-46,48-62H2,1-3H3/b10-7-,18-15-,19-16-,20-17-,27-24-,28-25-,29-26-,33-32-,37-34-,38-36-,47-44-. The molecule has 72 heavy (non-hydrogen) atoms. The Morgan fingerprint density at radius 2 is 0.556 bits per heavy atom. The first-order chi connectivity index (χ1) is 35.5. The Balaban J connectivity index is 4.53. The van der Waals surface area contributed by atoms with E-state index in [1.165, 1.54) is 57.8 Å². The summed E-state index contributed by atoms with van der Waals surface area (Å²) in [7, 11) is 0. The Labute approximate surface area is 443 Å². The minimum Gasteiger partial charge on any atom is -0.462 e. The summed E-state index contributed by atoms with van der Waals surface area (Å²) in [6, 6.07) is 0. The van der Waals surface area contributed by atoms with Gasteiger partial charge in [-0.15, -0.1) is 0 Å². The third kappa shape index (κ3) is 56.5. The summed E-state index contributed by atoms with van der Waals surface area (Å²) in [4.78, 5) is 38.2. The van der Waals surface area contributed by atoms with E-state index in [1.807, 2.05) is 0 Å². The van der Waals surface area contributed by atoms with Crippen LogP contribution >= 0.6 is 0 Å². The minimum absolute atomic E-state index is 0.109. The molecule has 0 aliphatic heterocycles. The monoisotopic (exact) mass is 995 g/mol. The summed E-state index contributed by atoms with van der Waals surface area (Å²) in [5.74, 6) is -0.983. The number of allylic oxidation sites excluding steroid dienone is 22. The molecule has 406 valence electrons. The molecular formula is C66H106O6. The molecule has 0 saturated heterocycles. The van der Waals surface area contributed by atoms with Crippen LogP contribution in [0, 0.1) is 0 Å². The van der Waals surface area contributed by atoms with E-state index >= 15 is 0 Å². The zero-order valence-corrected chi connectivity index (χ0v) is 46.4. The van der Waals surface area contributed by atoms with Crippen molar-refractivity contribution in [3.63, 3.8) is 0 Å². The maximum atomic E-state index is 12.9. The molecule has 6 heteroatoms. The number of hydrogen-bond donors (Lipinski definition) is 0. The Morgan fingerprint density at radius 3 is 0.917 bits per heavy atom. The fourth-order valence-corrected chi connectivity index (χ4v) is 7.47. The highest BCUT2D eigenvalue weighted by Crippen LogP contribution is 2.13. The maximum Gasteiger partial charge on any atom is 0.306 e. The van der Waals surface area contributed by atoms with Crippen LogP contribution in [0.5, 0.6) is 0 Å². The first-order valence-electron chi connectivity index (χ1n) is 29.2. The van der Waals surface area contributed by atoms with Crippen molar-refractivity contribution >= 4 is 17.9 Å². The van der Waals surface area contributed by atoms with Crippen molar-refractivity contribution in [1.29, 1.82) is 0 Å². The number of hydrogen-bond acceptors (Lipinski definition) is 6. The maximum absolute atomic E-state index is 12.9. The lowest BCUT2D eigenvalue weighted by atomic mass is 10.1. The highest BCUT2D eigenvalue weighted by Gasteiger charge is 2.19. The van der Waals surface area contributed by atoms with Crippen molar-refractivity contribution in [1.82, 2.24) is 0 Å². The van der Waals surface area contributed by atoms with Gasteiger partial charge < -0.3 is 14.2 Å². The molecule has 0 aromatic rings. The molecule has 6 nitrogen and oxygen atoms in total. The molecule has 0 fully saturated rings. The van der Waals surface area contributed by atoms with Crippen LogP contribution in [0.2, 0.25) is 0 Å². The van der Waals surface area contributed by atoms with Gasteiger partial charge in [0.2, 0.25) is 0 Å². The lowest BCUT2D eigenvalue weighted by Crippen LogP contribution is -2.30. The minimum atomic E-state index is -0.815. The quantitative estimate of drug-likeness (QED) is 0.0261. The summed E-state index contributed by atoms with van der Waals surface area (Å²) in [5, 5.41) is 0. The van der Waals surface area contributed by atoms with Crippen LogP contribution in [0.1, 0.15) is 245 Å². The molecule has 0 aliphatic rings. The molecular weight excluding hydrogens is 889 g/mol. The molecule has 0 radical (unpaired) electrons. The van der Waals surface area contributed by atoms with Crippen molar-refractivity contribution in [2.45, 2.75) is 252 Å². The molecule has 0 amide bonds. The van der Waals surface area contributed by atoms with Crippen molar-refractivity contribution in [2.24, 2.45) is 0 Å². The molecule has 0 N–H and O–H groups in total. The summed E-state index contributed by atoms with van der Waals surface area (Å²) >= 11 is 0. The number of unbranched alkanes of at least 4 members (excludes halogenated alkanes) is 18. The van der Waals surface area contributed by atoms with Gasteiger partial charge in [0.1, 0.15) is 13.2 Å². The Kier molecular flexibility index (Phi) is 55.5. The van der Waals surface area contributed by atoms with Gasteiger partial charge in [0, 0.05) is 19.3 Å². The second-order valence-corrected chi connectivity index (χ2v) is 18.8. The lowest BCUT2D eigenvalue weighted by molar-refractivity contribution is -0.167. The van der Waals surface area contributed by atoms with Gasteiger partial charge in [-0.05, 0) is 135 Å². The van der Waals surface area contributed by atoms with E-state index in [-0.39, 0.29) is 31.1 Å². The van der Waals surface area contributed by atoms with E-state index < -0.39 is 6.10 Å². The normalized spacial score (nSPS) is 13.1. The zero-order chi connectivity index (χ0) is 52.2. The topological polar surface area (TPSA) is 78.9 Å². The second kappa shape index (κ2) is 59.1. The van der Waals surface area contributed by atoms with Crippen LogP contribution in [-0.2, 0) is 28.6 Å².